The standard InChI is InChI=1S/C70H41NO2/c1-3-17-47-42(15-1)29-35-62-67(47)73-68-48-18-4-2-16-43(48)30-36-63(68)70(62)59-26-12-7-21-51(59)53-34-31-46(41-64(53)70)71(45-33-38-66-56(40-45)54-23-9-14-28-65(54)72-66)44-32-37-61-55(39-44)52-22-8-13-27-60(52)69(61)57-24-10-5-19-49(57)50-20-6-11-25-58(50)69/h1-41H. The van der Waals surface area contributed by atoms with E-state index in [1.165, 1.54) is 66.8 Å². The fourth-order valence-electron chi connectivity index (χ4n) is 14.1. The molecule has 0 fully saturated rings. The summed E-state index contributed by atoms with van der Waals surface area (Å²) in [6.45, 7) is 0. The average Bonchev–Trinajstić information content (AvgIpc) is 4.23. The van der Waals surface area contributed by atoms with E-state index < -0.39 is 10.8 Å². The lowest BCUT2D eigenvalue weighted by Gasteiger charge is -2.40. The molecule has 2 heterocycles. The van der Waals surface area contributed by atoms with E-state index >= 15 is 0 Å². The van der Waals surface area contributed by atoms with Crippen molar-refractivity contribution < 1.29 is 9.15 Å². The first-order valence-corrected chi connectivity index (χ1v) is 25.3. The lowest BCUT2D eigenvalue weighted by molar-refractivity contribution is 0.447. The van der Waals surface area contributed by atoms with Crippen LogP contribution in [0.25, 0.3) is 76.9 Å². The van der Waals surface area contributed by atoms with E-state index in [2.05, 4.69) is 248 Å². The maximum absolute atomic E-state index is 7.34. The van der Waals surface area contributed by atoms with Gasteiger partial charge < -0.3 is 14.1 Å². The molecule has 0 saturated carbocycles. The maximum atomic E-state index is 7.34. The minimum absolute atomic E-state index is 0.443. The van der Waals surface area contributed by atoms with Crippen LogP contribution < -0.4 is 9.64 Å². The molecule has 0 amide bonds. The molecule has 0 bridgehead atoms. The van der Waals surface area contributed by atoms with E-state index in [1.807, 2.05) is 6.07 Å². The second-order valence-corrected chi connectivity index (χ2v) is 20.2. The minimum Gasteiger partial charge on any atom is -0.456 e. The van der Waals surface area contributed by atoms with Gasteiger partial charge in [0, 0.05) is 49.7 Å². The summed E-state index contributed by atoms with van der Waals surface area (Å²) in [5.41, 5.74) is 21.4. The van der Waals surface area contributed by atoms with Gasteiger partial charge in [-0.2, -0.15) is 0 Å². The summed E-state index contributed by atoms with van der Waals surface area (Å²) in [5.74, 6) is 1.82. The third-order valence-electron chi connectivity index (χ3n) is 16.9. The molecule has 13 aromatic rings. The Morgan fingerprint density at radius 1 is 0.260 bits per heavy atom. The monoisotopic (exact) mass is 927 g/mol. The number of anilines is 3. The van der Waals surface area contributed by atoms with Gasteiger partial charge in [0.2, 0.25) is 0 Å². The van der Waals surface area contributed by atoms with E-state index in [4.69, 9.17) is 9.15 Å². The molecule has 3 aliphatic carbocycles. The zero-order chi connectivity index (χ0) is 47.6. The summed E-state index contributed by atoms with van der Waals surface area (Å²) >= 11 is 0. The predicted molar refractivity (Wildman–Crippen MR) is 297 cm³/mol. The summed E-state index contributed by atoms with van der Waals surface area (Å²) in [5, 5.41) is 6.69. The molecule has 0 radical (unpaired) electrons. The molecule has 3 heteroatoms. The number of hydrogen-bond acceptors (Lipinski definition) is 3. The van der Waals surface area contributed by atoms with Crippen LogP contribution in [0.5, 0.6) is 11.5 Å². The SMILES string of the molecule is c1ccc2c(c1)-c1ccccc1C21c2ccccc2-c2cc(N(c3ccc4c(c3)C3(c5ccccc5-4)c4ccc5ccccc5c4Oc4c3ccc3ccccc43)c3ccc4oc5ccccc5c4c3)ccc21. The first-order chi connectivity index (χ1) is 36.2. The van der Waals surface area contributed by atoms with Crippen molar-refractivity contribution in [1.82, 2.24) is 0 Å². The van der Waals surface area contributed by atoms with Crippen molar-refractivity contribution in [3.63, 3.8) is 0 Å². The number of fused-ring (bicyclic) bond motifs is 26. The minimum atomic E-state index is -0.707. The second-order valence-electron chi connectivity index (χ2n) is 20.2. The third kappa shape index (κ3) is 4.89. The van der Waals surface area contributed by atoms with Gasteiger partial charge in [0.15, 0.2) is 0 Å². The van der Waals surface area contributed by atoms with E-state index in [0.717, 1.165) is 83.2 Å². The smallest absolute Gasteiger partial charge is 0.140 e. The Hall–Kier alpha value is -9.44. The Morgan fingerprint density at radius 2 is 0.671 bits per heavy atom. The summed E-state index contributed by atoms with van der Waals surface area (Å²) < 4.78 is 13.8. The molecule has 12 aromatic carbocycles. The molecule has 3 nitrogen and oxygen atoms in total. The fourth-order valence-corrected chi connectivity index (χ4v) is 14.1. The highest BCUT2D eigenvalue weighted by Gasteiger charge is 2.53. The van der Waals surface area contributed by atoms with Gasteiger partial charge in [-0.1, -0.05) is 200 Å². The van der Waals surface area contributed by atoms with E-state index in [1.54, 1.807) is 0 Å². The third-order valence-corrected chi connectivity index (χ3v) is 16.9. The van der Waals surface area contributed by atoms with Crippen LogP contribution in [-0.2, 0) is 10.8 Å². The number of rotatable bonds is 3. The van der Waals surface area contributed by atoms with Crippen LogP contribution in [0.2, 0.25) is 0 Å². The topological polar surface area (TPSA) is 25.6 Å². The van der Waals surface area contributed by atoms with Gasteiger partial charge >= 0.3 is 0 Å². The lowest BCUT2D eigenvalue weighted by atomic mass is 9.65. The molecular weight excluding hydrogens is 887 g/mol. The van der Waals surface area contributed by atoms with Crippen LogP contribution in [0, 0.1) is 0 Å². The number of nitrogens with zero attached hydrogens (tertiary/aromatic N) is 1. The van der Waals surface area contributed by atoms with E-state index in [-0.39, 0.29) is 0 Å². The average molecular weight is 928 g/mol. The van der Waals surface area contributed by atoms with Crippen molar-refractivity contribution in [2.24, 2.45) is 0 Å². The Morgan fingerprint density at radius 3 is 1.29 bits per heavy atom. The molecule has 2 spiro atoms. The van der Waals surface area contributed by atoms with Gasteiger partial charge in [-0.25, -0.2) is 0 Å². The molecule has 1 aromatic heterocycles. The number of hydrogen-bond donors (Lipinski definition) is 0. The van der Waals surface area contributed by atoms with Crippen LogP contribution >= 0.6 is 0 Å². The molecule has 338 valence electrons. The van der Waals surface area contributed by atoms with E-state index in [9.17, 15) is 0 Å². The van der Waals surface area contributed by atoms with Gasteiger partial charge in [-0.15, -0.1) is 0 Å². The molecule has 4 aliphatic rings. The first-order valence-electron chi connectivity index (χ1n) is 25.3. The molecular formula is C70H41NO2. The van der Waals surface area contributed by atoms with Gasteiger partial charge in [0.25, 0.3) is 0 Å². The number of furan rings is 1. The van der Waals surface area contributed by atoms with Crippen LogP contribution in [0.1, 0.15) is 44.5 Å². The van der Waals surface area contributed by atoms with Crippen LogP contribution in [0.15, 0.2) is 253 Å². The van der Waals surface area contributed by atoms with E-state index in [0.29, 0.717) is 0 Å². The molecule has 0 unspecified atom stereocenters. The Labute approximate surface area is 421 Å². The molecule has 0 N–H and O–H groups in total. The molecule has 0 saturated heterocycles. The molecule has 73 heavy (non-hydrogen) atoms. The van der Waals surface area contributed by atoms with Gasteiger partial charge in [-0.05, 0) is 126 Å². The van der Waals surface area contributed by atoms with Crippen molar-refractivity contribution in [2.45, 2.75) is 10.8 Å². The van der Waals surface area contributed by atoms with Crippen molar-refractivity contribution in [1.29, 1.82) is 0 Å². The Kier molecular flexibility index (Phi) is 7.60. The largest absolute Gasteiger partial charge is 0.456 e. The summed E-state index contributed by atoms with van der Waals surface area (Å²) in [4.78, 5) is 2.48. The number of para-hydroxylation sites is 1. The summed E-state index contributed by atoms with van der Waals surface area (Å²) in [6.07, 6.45) is 0. The molecule has 17 rings (SSSR count). The van der Waals surface area contributed by atoms with Gasteiger partial charge in [0.1, 0.15) is 22.7 Å². The lowest BCUT2D eigenvalue weighted by Crippen LogP contribution is -2.32. The predicted octanol–water partition coefficient (Wildman–Crippen LogP) is 18.2. The first kappa shape index (κ1) is 39.3. The van der Waals surface area contributed by atoms with Gasteiger partial charge in [0.05, 0.1) is 10.8 Å². The quantitative estimate of drug-likeness (QED) is 0.177. The fraction of sp³-hybridized carbons (Fsp3) is 0.0286. The highest BCUT2D eigenvalue weighted by Crippen LogP contribution is 2.66. The zero-order valence-electron chi connectivity index (χ0n) is 39.4. The Balaban J connectivity index is 0.956. The van der Waals surface area contributed by atoms with Crippen LogP contribution in [0.4, 0.5) is 17.1 Å². The summed E-state index contributed by atoms with van der Waals surface area (Å²) in [6, 6.07) is 92.3. The normalized spacial score (nSPS) is 14.4. The molecule has 1 aliphatic heterocycles. The maximum Gasteiger partial charge on any atom is 0.140 e. The van der Waals surface area contributed by atoms with Crippen LogP contribution in [-0.4, -0.2) is 0 Å². The van der Waals surface area contributed by atoms with Crippen molar-refractivity contribution >= 4 is 60.5 Å². The van der Waals surface area contributed by atoms with Crippen molar-refractivity contribution in [3.8, 4) is 44.9 Å². The second kappa shape index (κ2) is 14.1. The number of benzene rings is 12. The highest BCUT2D eigenvalue weighted by molar-refractivity contribution is 6.07. The van der Waals surface area contributed by atoms with Crippen LogP contribution in [0.3, 0.4) is 0 Å². The zero-order valence-corrected chi connectivity index (χ0v) is 39.4. The highest BCUT2D eigenvalue weighted by atomic mass is 16.5. The summed E-state index contributed by atoms with van der Waals surface area (Å²) in [7, 11) is 0. The van der Waals surface area contributed by atoms with Gasteiger partial charge in [-0.3, -0.25) is 0 Å². The molecule has 0 atom stereocenters. The Bertz CT molecular complexity index is 4440. The van der Waals surface area contributed by atoms with Crippen molar-refractivity contribution in [3.05, 3.63) is 293 Å². The number of ether oxygens (including phenoxy) is 1. The van der Waals surface area contributed by atoms with Crippen molar-refractivity contribution in [2.75, 3.05) is 4.90 Å².